The Hall–Kier alpha value is -1.37. The van der Waals surface area contributed by atoms with E-state index in [1.54, 1.807) is 0 Å². The molecule has 0 atom stereocenters. The van der Waals surface area contributed by atoms with Gasteiger partial charge < -0.3 is 26.6 Å². The van der Waals surface area contributed by atoms with E-state index in [-0.39, 0.29) is 0 Å². The molecule has 0 amide bonds. The minimum atomic E-state index is -2.78. The first kappa shape index (κ1) is 33.7. The van der Waals surface area contributed by atoms with Crippen LogP contribution in [0, 0.1) is 34.6 Å². The van der Waals surface area contributed by atoms with Crippen LogP contribution >= 0.6 is 0 Å². The van der Waals surface area contributed by atoms with Crippen LogP contribution in [0.3, 0.4) is 0 Å². The van der Waals surface area contributed by atoms with E-state index in [1.807, 2.05) is 41.5 Å². The lowest BCUT2D eigenvalue weighted by Crippen LogP contribution is -2.58. The van der Waals surface area contributed by atoms with Crippen LogP contribution < -0.4 is 10.4 Å². The summed E-state index contributed by atoms with van der Waals surface area (Å²) in [7, 11) is -5.54. The average Bonchev–Trinajstić information content (AvgIpc) is 2.80. The molecule has 0 spiro atoms. The Morgan fingerprint density at radius 3 is 1.00 bits per heavy atom. The zero-order valence-electron chi connectivity index (χ0n) is 25.1. The van der Waals surface area contributed by atoms with Crippen LogP contribution in [0.2, 0.25) is 0 Å². The highest BCUT2D eigenvalue weighted by Gasteiger charge is 2.46. The topological polar surface area (TPSA) is 55.4 Å². The van der Waals surface area contributed by atoms with Crippen molar-refractivity contribution in [3.05, 3.63) is 58.1 Å². The normalized spacial score (nSPS) is 11.9. The summed E-state index contributed by atoms with van der Waals surface area (Å²) in [5.41, 5.74) is 6.00. The Morgan fingerprint density at radius 2 is 0.730 bits per heavy atom. The molecule has 0 saturated heterocycles. The second-order valence-corrected chi connectivity index (χ2v) is 13.7. The summed E-state index contributed by atoms with van der Waals surface area (Å²) in [6.45, 7) is 26.0. The van der Waals surface area contributed by atoms with Crippen LogP contribution in [0.25, 0.3) is 0 Å². The second-order valence-electron chi connectivity index (χ2n) is 8.75. The molecule has 0 bridgehead atoms. The molecule has 37 heavy (non-hydrogen) atoms. The van der Waals surface area contributed by atoms with Crippen molar-refractivity contribution in [2.75, 3.05) is 39.6 Å². The van der Waals surface area contributed by atoms with Gasteiger partial charge in [-0.3, -0.25) is 0 Å². The van der Waals surface area contributed by atoms with Crippen LogP contribution in [0.1, 0.15) is 69.4 Å². The van der Waals surface area contributed by atoms with E-state index in [0.717, 1.165) is 10.4 Å². The smallest absolute Gasteiger partial charge is 0.370 e. The summed E-state index contributed by atoms with van der Waals surface area (Å²) in [6.07, 6.45) is 0. The summed E-state index contributed by atoms with van der Waals surface area (Å²) in [4.78, 5) is 0. The Labute approximate surface area is 228 Å². The standard InChI is InChI=1S/C15H26O3Si.C14H24O3Si/c1-7-16-19(17-8-2,18-9-3)15-13(5)10-12(4)11-14(15)6;1-6-15-18(16-7-2,17-8-3)14-12(4)10-9-11-13(14)5/h10-11H,7-9H2,1-6H3;9-11H,6-8H2,1-5H3. The molecule has 2 aromatic rings. The highest BCUT2D eigenvalue weighted by Crippen LogP contribution is 2.18. The van der Waals surface area contributed by atoms with Crippen molar-refractivity contribution in [2.24, 2.45) is 0 Å². The van der Waals surface area contributed by atoms with Crippen molar-refractivity contribution in [3.63, 3.8) is 0 Å². The first-order chi connectivity index (χ1) is 17.6. The minimum Gasteiger partial charge on any atom is -0.370 e. The maximum Gasteiger partial charge on any atom is 0.537 e. The van der Waals surface area contributed by atoms with Crippen molar-refractivity contribution in [3.8, 4) is 0 Å². The molecule has 0 heterocycles. The zero-order valence-corrected chi connectivity index (χ0v) is 27.1. The van der Waals surface area contributed by atoms with Gasteiger partial charge in [-0.15, -0.1) is 0 Å². The van der Waals surface area contributed by atoms with Crippen LogP contribution in [0.5, 0.6) is 0 Å². The molecule has 6 nitrogen and oxygen atoms in total. The van der Waals surface area contributed by atoms with E-state index < -0.39 is 17.6 Å². The fraction of sp³-hybridized carbons (Fsp3) is 0.586. The summed E-state index contributed by atoms with van der Waals surface area (Å²) in [6, 6.07) is 10.6. The molecule has 0 fully saturated rings. The van der Waals surface area contributed by atoms with Gasteiger partial charge in [0.25, 0.3) is 0 Å². The SMILES string of the molecule is CCO[Si](OCC)(OCC)c1c(C)cc(C)cc1C.CCO[Si](OCC)(OCC)c1c(C)cccc1C. The number of benzene rings is 2. The van der Waals surface area contributed by atoms with Gasteiger partial charge in [0.15, 0.2) is 0 Å². The van der Waals surface area contributed by atoms with Gasteiger partial charge >= 0.3 is 17.6 Å². The molecule has 0 aromatic heterocycles. The monoisotopic (exact) mass is 550 g/mol. The number of aryl methyl sites for hydroxylation is 5. The summed E-state index contributed by atoms with van der Waals surface area (Å²) >= 11 is 0. The van der Waals surface area contributed by atoms with Crippen molar-refractivity contribution in [1.82, 2.24) is 0 Å². The lowest BCUT2D eigenvalue weighted by Gasteiger charge is -2.31. The van der Waals surface area contributed by atoms with Crippen LogP contribution in [-0.2, 0) is 26.6 Å². The molecule has 0 aliphatic carbocycles. The van der Waals surface area contributed by atoms with Gasteiger partial charge in [0.1, 0.15) is 0 Å². The molecule has 210 valence electrons. The van der Waals surface area contributed by atoms with Gasteiger partial charge in [-0.25, -0.2) is 0 Å². The zero-order chi connectivity index (χ0) is 28.1. The molecular weight excluding hydrogens is 500 g/mol. The second kappa shape index (κ2) is 16.6. The third-order valence-corrected chi connectivity index (χ3v) is 12.6. The van der Waals surface area contributed by atoms with Gasteiger partial charge in [0.2, 0.25) is 0 Å². The van der Waals surface area contributed by atoms with Gasteiger partial charge in [0, 0.05) is 50.0 Å². The van der Waals surface area contributed by atoms with E-state index in [0.29, 0.717) is 39.6 Å². The molecule has 0 aliphatic heterocycles. The number of hydrogen-bond donors (Lipinski definition) is 0. The Morgan fingerprint density at radius 1 is 0.459 bits per heavy atom. The molecule has 2 aromatic carbocycles. The molecule has 2 rings (SSSR count). The fourth-order valence-electron chi connectivity index (χ4n) is 4.78. The Bertz CT molecular complexity index is 873. The van der Waals surface area contributed by atoms with Gasteiger partial charge in [-0.2, -0.15) is 0 Å². The highest BCUT2D eigenvalue weighted by molar-refractivity contribution is 6.76. The Kier molecular flexibility index (Phi) is 15.1. The molecule has 0 saturated carbocycles. The third-order valence-electron chi connectivity index (χ3n) is 5.78. The van der Waals surface area contributed by atoms with E-state index in [2.05, 4.69) is 65.0 Å². The molecule has 0 unspecified atom stereocenters. The number of rotatable bonds is 14. The quantitative estimate of drug-likeness (QED) is 0.293. The predicted octanol–water partition coefficient (Wildman–Crippen LogP) is 5.43. The predicted molar refractivity (Wildman–Crippen MR) is 157 cm³/mol. The molecule has 0 N–H and O–H groups in total. The summed E-state index contributed by atoms with van der Waals surface area (Å²) < 4.78 is 35.8. The van der Waals surface area contributed by atoms with Crippen LogP contribution in [0.15, 0.2) is 30.3 Å². The Balaban J connectivity index is 0.000000371. The first-order valence-electron chi connectivity index (χ1n) is 13.6. The average molecular weight is 551 g/mol. The van der Waals surface area contributed by atoms with E-state index >= 15 is 0 Å². The van der Waals surface area contributed by atoms with E-state index in [4.69, 9.17) is 26.6 Å². The van der Waals surface area contributed by atoms with Crippen molar-refractivity contribution < 1.29 is 26.6 Å². The highest BCUT2D eigenvalue weighted by atomic mass is 28.4. The summed E-state index contributed by atoms with van der Waals surface area (Å²) in [5, 5.41) is 2.25. The third kappa shape index (κ3) is 8.83. The van der Waals surface area contributed by atoms with Crippen molar-refractivity contribution >= 4 is 28.0 Å². The van der Waals surface area contributed by atoms with Gasteiger partial charge in [-0.05, 0) is 98.4 Å². The molecule has 0 radical (unpaired) electrons. The van der Waals surface area contributed by atoms with Crippen molar-refractivity contribution in [1.29, 1.82) is 0 Å². The lowest BCUT2D eigenvalue weighted by atomic mass is 10.1. The lowest BCUT2D eigenvalue weighted by molar-refractivity contribution is 0.0849. The van der Waals surface area contributed by atoms with Crippen LogP contribution in [0.4, 0.5) is 0 Å². The molecule has 0 aliphatic rings. The minimum absolute atomic E-state index is 0.596. The van der Waals surface area contributed by atoms with Crippen LogP contribution in [-0.4, -0.2) is 57.3 Å². The van der Waals surface area contributed by atoms with Gasteiger partial charge in [0.05, 0.1) is 0 Å². The molecule has 8 heteroatoms. The van der Waals surface area contributed by atoms with E-state index in [9.17, 15) is 0 Å². The fourth-order valence-corrected chi connectivity index (χ4v) is 10.7. The maximum atomic E-state index is 5.99. The van der Waals surface area contributed by atoms with Crippen molar-refractivity contribution in [2.45, 2.75) is 76.2 Å². The number of hydrogen-bond acceptors (Lipinski definition) is 6. The summed E-state index contributed by atoms with van der Waals surface area (Å²) in [5.74, 6) is 0. The van der Waals surface area contributed by atoms with E-state index in [1.165, 1.54) is 27.8 Å². The first-order valence-corrected chi connectivity index (χ1v) is 17.0. The van der Waals surface area contributed by atoms with Gasteiger partial charge in [-0.1, -0.05) is 35.9 Å². The maximum absolute atomic E-state index is 5.99. The largest absolute Gasteiger partial charge is 0.537 e. The molecular formula is C29H50O6Si2.